The van der Waals surface area contributed by atoms with Crippen molar-refractivity contribution >= 4 is 20.0 Å². The second-order valence-electron chi connectivity index (χ2n) is 5.50. The number of hydrogen-bond acceptors (Lipinski definition) is 4. The highest BCUT2D eigenvalue weighted by atomic mass is 32.2. The smallest absolute Gasteiger partial charge is 0.210 e. The Balaban J connectivity index is 2.00. The Hall–Kier alpha value is -1.74. The van der Waals surface area contributed by atoms with Crippen LogP contribution >= 0.6 is 0 Å². The average molecular weight is 368 g/mol. The van der Waals surface area contributed by atoms with Crippen molar-refractivity contribution in [3.63, 3.8) is 0 Å². The summed E-state index contributed by atoms with van der Waals surface area (Å²) in [6.45, 7) is 3.41. The van der Waals surface area contributed by atoms with E-state index in [2.05, 4.69) is 9.44 Å². The highest BCUT2D eigenvalue weighted by Gasteiger charge is 2.19. The number of sulfonamides is 2. The molecule has 0 aliphatic heterocycles. The lowest BCUT2D eigenvalue weighted by Crippen LogP contribution is -2.41. The van der Waals surface area contributed by atoms with E-state index in [1.807, 2.05) is 6.92 Å². The molecule has 130 valence electrons. The number of benzene rings is 2. The van der Waals surface area contributed by atoms with Gasteiger partial charge in [0.25, 0.3) is 0 Å². The Morgan fingerprint density at radius 2 is 1.38 bits per heavy atom. The molecule has 6 nitrogen and oxygen atoms in total. The zero-order valence-electron chi connectivity index (χ0n) is 13.4. The van der Waals surface area contributed by atoms with Crippen LogP contribution in [0, 0.1) is 6.92 Å². The lowest BCUT2D eigenvalue weighted by atomic mass is 10.2. The van der Waals surface area contributed by atoms with Crippen LogP contribution in [-0.4, -0.2) is 29.4 Å². The Kier molecular flexibility index (Phi) is 5.76. The third-order valence-electron chi connectivity index (χ3n) is 3.32. The van der Waals surface area contributed by atoms with Crippen molar-refractivity contribution in [2.45, 2.75) is 29.7 Å². The Morgan fingerprint density at radius 3 is 1.96 bits per heavy atom. The van der Waals surface area contributed by atoms with Crippen LogP contribution in [0.5, 0.6) is 0 Å². The van der Waals surface area contributed by atoms with E-state index in [9.17, 15) is 16.8 Å². The van der Waals surface area contributed by atoms with Crippen LogP contribution in [0.3, 0.4) is 0 Å². The maximum Gasteiger partial charge on any atom is 0.240 e. The van der Waals surface area contributed by atoms with Gasteiger partial charge in [-0.15, -0.1) is 0 Å². The van der Waals surface area contributed by atoms with Crippen molar-refractivity contribution in [3.8, 4) is 0 Å². The first-order valence-electron chi connectivity index (χ1n) is 7.34. The van der Waals surface area contributed by atoms with E-state index in [1.54, 1.807) is 37.3 Å². The van der Waals surface area contributed by atoms with Crippen LogP contribution in [-0.2, 0) is 20.0 Å². The monoisotopic (exact) mass is 368 g/mol. The summed E-state index contributed by atoms with van der Waals surface area (Å²) in [7, 11) is -7.36. The zero-order valence-corrected chi connectivity index (χ0v) is 15.1. The molecule has 1 atom stereocenters. The molecule has 0 fully saturated rings. The van der Waals surface area contributed by atoms with Gasteiger partial charge in [0.2, 0.25) is 20.0 Å². The normalized spacial score (nSPS) is 13.6. The van der Waals surface area contributed by atoms with E-state index in [-0.39, 0.29) is 16.3 Å². The van der Waals surface area contributed by atoms with Gasteiger partial charge in [-0.2, -0.15) is 0 Å². The molecular weight excluding hydrogens is 348 g/mol. The molecule has 0 aliphatic rings. The third kappa shape index (κ3) is 4.88. The van der Waals surface area contributed by atoms with E-state index in [0.717, 1.165) is 5.56 Å². The lowest BCUT2D eigenvalue weighted by Gasteiger charge is -2.15. The Labute approximate surface area is 143 Å². The van der Waals surface area contributed by atoms with Gasteiger partial charge in [-0.05, 0) is 38.1 Å². The quantitative estimate of drug-likeness (QED) is 0.777. The average Bonchev–Trinajstić information content (AvgIpc) is 2.54. The molecule has 0 radical (unpaired) electrons. The number of nitrogens with one attached hydrogen (secondary N) is 2. The van der Waals surface area contributed by atoms with Gasteiger partial charge in [0, 0.05) is 12.6 Å². The van der Waals surface area contributed by atoms with Crippen LogP contribution in [0.2, 0.25) is 0 Å². The van der Waals surface area contributed by atoms with E-state index >= 15 is 0 Å². The molecule has 0 amide bonds. The molecule has 0 aromatic heterocycles. The van der Waals surface area contributed by atoms with Gasteiger partial charge < -0.3 is 0 Å². The molecule has 0 spiro atoms. The van der Waals surface area contributed by atoms with Gasteiger partial charge in [-0.25, -0.2) is 26.3 Å². The van der Waals surface area contributed by atoms with Crippen LogP contribution in [0.15, 0.2) is 64.4 Å². The van der Waals surface area contributed by atoms with E-state index in [1.165, 1.54) is 24.3 Å². The highest BCUT2D eigenvalue weighted by Crippen LogP contribution is 2.10. The minimum atomic E-state index is -3.68. The molecule has 24 heavy (non-hydrogen) atoms. The van der Waals surface area contributed by atoms with Crippen molar-refractivity contribution in [2.24, 2.45) is 0 Å². The maximum absolute atomic E-state index is 12.2. The minimum Gasteiger partial charge on any atom is -0.210 e. The summed E-state index contributed by atoms with van der Waals surface area (Å²) in [6, 6.07) is 13.8. The van der Waals surface area contributed by atoms with Crippen molar-refractivity contribution in [3.05, 3.63) is 60.2 Å². The standard InChI is InChI=1S/C16H20N2O4S2/c1-13-8-10-16(11-9-13)23(19,20)17-12-14(2)18-24(21,22)15-6-4-3-5-7-15/h3-11,14,17-18H,12H2,1-2H3. The van der Waals surface area contributed by atoms with E-state index < -0.39 is 26.1 Å². The second kappa shape index (κ2) is 7.43. The number of aryl methyl sites for hydroxylation is 1. The fourth-order valence-electron chi connectivity index (χ4n) is 2.01. The summed E-state index contributed by atoms with van der Waals surface area (Å²) in [4.78, 5) is 0.282. The molecule has 2 rings (SSSR count). The van der Waals surface area contributed by atoms with Gasteiger partial charge in [0.15, 0.2) is 0 Å². The Morgan fingerprint density at radius 1 is 0.833 bits per heavy atom. The fourth-order valence-corrected chi connectivity index (χ4v) is 4.40. The molecule has 0 saturated heterocycles. The summed E-state index contributed by atoms with van der Waals surface area (Å²) in [5.74, 6) is 0. The van der Waals surface area contributed by atoms with Crippen molar-refractivity contribution in [1.29, 1.82) is 0 Å². The molecular formula is C16H20N2O4S2. The summed E-state index contributed by atoms with van der Waals surface area (Å²) in [5, 5.41) is 0. The Bertz CT molecular complexity index is 877. The summed E-state index contributed by atoms with van der Waals surface area (Å²) < 4.78 is 53.6. The topological polar surface area (TPSA) is 92.3 Å². The highest BCUT2D eigenvalue weighted by molar-refractivity contribution is 7.90. The van der Waals surface area contributed by atoms with Crippen LogP contribution in [0.1, 0.15) is 12.5 Å². The van der Waals surface area contributed by atoms with Crippen LogP contribution < -0.4 is 9.44 Å². The molecule has 1 unspecified atom stereocenters. The van der Waals surface area contributed by atoms with Gasteiger partial charge in [-0.1, -0.05) is 35.9 Å². The van der Waals surface area contributed by atoms with E-state index in [4.69, 9.17) is 0 Å². The molecule has 0 saturated carbocycles. The number of hydrogen-bond donors (Lipinski definition) is 2. The molecule has 0 bridgehead atoms. The van der Waals surface area contributed by atoms with Gasteiger partial charge >= 0.3 is 0 Å². The summed E-state index contributed by atoms with van der Waals surface area (Å²) in [5.41, 5.74) is 0.956. The maximum atomic E-state index is 12.2. The van der Waals surface area contributed by atoms with Crippen LogP contribution in [0.25, 0.3) is 0 Å². The van der Waals surface area contributed by atoms with Crippen molar-refractivity contribution < 1.29 is 16.8 Å². The lowest BCUT2D eigenvalue weighted by molar-refractivity contribution is 0.545. The van der Waals surface area contributed by atoms with Crippen molar-refractivity contribution in [1.82, 2.24) is 9.44 Å². The van der Waals surface area contributed by atoms with Crippen LogP contribution in [0.4, 0.5) is 0 Å². The zero-order chi connectivity index (χ0) is 17.8. The first-order chi connectivity index (χ1) is 11.2. The first kappa shape index (κ1) is 18.6. The SMILES string of the molecule is Cc1ccc(S(=O)(=O)NCC(C)NS(=O)(=O)c2ccccc2)cc1. The third-order valence-corrected chi connectivity index (χ3v) is 6.37. The molecule has 0 aliphatic carbocycles. The van der Waals surface area contributed by atoms with Crippen molar-refractivity contribution in [2.75, 3.05) is 6.54 Å². The first-order valence-corrected chi connectivity index (χ1v) is 10.3. The number of rotatable bonds is 7. The fraction of sp³-hybridized carbons (Fsp3) is 0.250. The molecule has 2 N–H and O–H groups in total. The predicted molar refractivity (Wildman–Crippen MR) is 92.6 cm³/mol. The second-order valence-corrected chi connectivity index (χ2v) is 8.98. The minimum absolute atomic E-state index is 0.0533. The molecule has 2 aromatic carbocycles. The predicted octanol–water partition coefficient (Wildman–Crippen LogP) is 1.64. The summed E-state index contributed by atoms with van der Waals surface area (Å²) >= 11 is 0. The molecule has 2 aromatic rings. The molecule has 8 heteroatoms. The van der Waals surface area contributed by atoms with E-state index in [0.29, 0.717) is 0 Å². The van der Waals surface area contributed by atoms with Gasteiger partial charge in [0.1, 0.15) is 0 Å². The summed E-state index contributed by atoms with van der Waals surface area (Å²) in [6.07, 6.45) is 0. The van der Waals surface area contributed by atoms with Gasteiger partial charge in [0.05, 0.1) is 9.79 Å². The molecule has 0 heterocycles. The van der Waals surface area contributed by atoms with Gasteiger partial charge in [-0.3, -0.25) is 0 Å². The largest absolute Gasteiger partial charge is 0.240 e.